The van der Waals surface area contributed by atoms with Crippen molar-refractivity contribution >= 4 is 11.6 Å². The Morgan fingerprint density at radius 3 is 2.73 bits per heavy atom. The summed E-state index contributed by atoms with van der Waals surface area (Å²) < 4.78 is 37.5. The first-order chi connectivity index (χ1) is 10.4. The fraction of sp³-hybridized carbons (Fsp3) is 0.333. The molecule has 3 rings (SSSR count). The molecule has 1 heterocycles. The largest absolute Gasteiger partial charge is 0.408 e. The van der Waals surface area contributed by atoms with Crippen LogP contribution in [0.4, 0.5) is 18.9 Å². The van der Waals surface area contributed by atoms with E-state index in [9.17, 15) is 18.0 Å². The van der Waals surface area contributed by atoms with E-state index < -0.39 is 12.7 Å². The molecule has 0 spiro atoms. The molecule has 1 saturated carbocycles. The van der Waals surface area contributed by atoms with Gasteiger partial charge in [0.1, 0.15) is 6.54 Å². The van der Waals surface area contributed by atoms with Gasteiger partial charge in [0.2, 0.25) is 5.91 Å². The summed E-state index contributed by atoms with van der Waals surface area (Å²) in [5.74, 6) is -0.125. The lowest BCUT2D eigenvalue weighted by molar-refractivity contribution is -0.142. The van der Waals surface area contributed by atoms with Crippen molar-refractivity contribution in [2.45, 2.75) is 25.1 Å². The number of amides is 1. The van der Waals surface area contributed by atoms with Gasteiger partial charge in [-0.25, -0.2) is 0 Å². The van der Waals surface area contributed by atoms with E-state index in [0.29, 0.717) is 0 Å². The lowest BCUT2D eigenvalue weighted by Gasteiger charge is -2.05. The number of nitrogens with one attached hydrogen (secondary N) is 1. The zero-order chi connectivity index (χ0) is 15.7. The molecule has 0 radical (unpaired) electrons. The molecular formula is C15H14F3N3O. The second-order valence-corrected chi connectivity index (χ2v) is 5.39. The van der Waals surface area contributed by atoms with Crippen LogP contribution in [0.3, 0.4) is 0 Å². The highest BCUT2D eigenvalue weighted by Gasteiger charge is 2.43. The second-order valence-electron chi connectivity index (χ2n) is 5.39. The van der Waals surface area contributed by atoms with Crippen LogP contribution in [0.5, 0.6) is 0 Å². The summed E-state index contributed by atoms with van der Waals surface area (Å²) in [4.78, 5) is 12.1. The van der Waals surface area contributed by atoms with Crippen molar-refractivity contribution in [3.8, 4) is 0 Å². The van der Waals surface area contributed by atoms with Crippen molar-refractivity contribution in [1.82, 2.24) is 9.78 Å². The van der Waals surface area contributed by atoms with Gasteiger partial charge in [0.15, 0.2) is 0 Å². The molecule has 22 heavy (non-hydrogen) atoms. The summed E-state index contributed by atoms with van der Waals surface area (Å²) in [6.07, 6.45) is -1.16. The van der Waals surface area contributed by atoms with Crippen LogP contribution < -0.4 is 5.32 Å². The molecule has 1 aromatic heterocycles. The smallest absolute Gasteiger partial charge is 0.323 e. The highest BCUT2D eigenvalue weighted by Crippen LogP contribution is 2.47. The third-order valence-electron chi connectivity index (χ3n) is 3.60. The van der Waals surface area contributed by atoms with Gasteiger partial charge in [-0.15, -0.1) is 0 Å². The van der Waals surface area contributed by atoms with E-state index in [-0.39, 0.29) is 23.4 Å². The second kappa shape index (κ2) is 5.47. The lowest BCUT2D eigenvalue weighted by atomic mass is 10.1. The summed E-state index contributed by atoms with van der Waals surface area (Å²) in [6.45, 7) is -1.17. The van der Waals surface area contributed by atoms with E-state index in [1.54, 1.807) is 0 Å². The molecule has 7 heteroatoms. The van der Waals surface area contributed by atoms with E-state index in [4.69, 9.17) is 0 Å². The van der Waals surface area contributed by atoms with Crippen molar-refractivity contribution in [2.24, 2.45) is 5.92 Å². The number of rotatable bonds is 4. The van der Waals surface area contributed by atoms with Crippen molar-refractivity contribution in [3.05, 3.63) is 48.3 Å². The van der Waals surface area contributed by atoms with Gasteiger partial charge >= 0.3 is 6.18 Å². The fourth-order valence-electron chi connectivity index (χ4n) is 2.49. The number of benzene rings is 1. The zero-order valence-corrected chi connectivity index (χ0v) is 11.5. The van der Waals surface area contributed by atoms with Crippen LogP contribution in [0.15, 0.2) is 42.7 Å². The molecule has 2 aromatic rings. The summed E-state index contributed by atoms with van der Waals surface area (Å²) in [5, 5.41) is 6.21. The van der Waals surface area contributed by atoms with Gasteiger partial charge in [-0.3, -0.25) is 9.48 Å². The molecular weight excluding hydrogens is 295 g/mol. The van der Waals surface area contributed by atoms with Crippen LogP contribution in [-0.2, 0) is 11.3 Å². The summed E-state index contributed by atoms with van der Waals surface area (Å²) in [5.41, 5.74) is 1.39. The topological polar surface area (TPSA) is 46.9 Å². The van der Waals surface area contributed by atoms with Crippen molar-refractivity contribution in [3.63, 3.8) is 0 Å². The normalized spacial score (nSPS) is 20.7. The molecule has 1 N–H and O–H groups in total. The minimum Gasteiger partial charge on any atom is -0.323 e. The lowest BCUT2D eigenvalue weighted by Crippen LogP contribution is -2.18. The Kier molecular flexibility index (Phi) is 3.64. The van der Waals surface area contributed by atoms with Crippen LogP contribution in [0.1, 0.15) is 17.9 Å². The number of carbonyl (C=O) groups is 1. The van der Waals surface area contributed by atoms with Crippen LogP contribution in [0.25, 0.3) is 0 Å². The molecule has 0 unspecified atom stereocenters. The van der Waals surface area contributed by atoms with Gasteiger partial charge in [0.25, 0.3) is 0 Å². The molecule has 0 aliphatic heterocycles. The number of hydrogen-bond acceptors (Lipinski definition) is 2. The Bertz CT molecular complexity index is 666. The van der Waals surface area contributed by atoms with E-state index in [0.717, 1.165) is 16.7 Å². The van der Waals surface area contributed by atoms with Gasteiger partial charge in [0, 0.05) is 12.1 Å². The number of hydrogen-bond donors (Lipinski definition) is 1. The average Bonchev–Trinajstić information content (AvgIpc) is 3.15. The van der Waals surface area contributed by atoms with Crippen LogP contribution in [-0.4, -0.2) is 21.9 Å². The molecule has 1 aliphatic rings. The van der Waals surface area contributed by atoms with Crippen molar-refractivity contribution in [2.75, 3.05) is 5.32 Å². The summed E-state index contributed by atoms with van der Waals surface area (Å²) in [7, 11) is 0. The maximum absolute atomic E-state index is 12.2. The Morgan fingerprint density at radius 2 is 2.05 bits per heavy atom. The summed E-state index contributed by atoms with van der Waals surface area (Å²) in [6, 6.07) is 9.70. The monoisotopic (exact) mass is 309 g/mol. The molecule has 0 saturated heterocycles. The maximum atomic E-state index is 12.2. The summed E-state index contributed by atoms with van der Waals surface area (Å²) >= 11 is 0. The molecule has 2 atom stereocenters. The Morgan fingerprint density at radius 1 is 1.32 bits per heavy atom. The minimum atomic E-state index is -4.33. The molecule has 0 bridgehead atoms. The van der Waals surface area contributed by atoms with Gasteiger partial charge < -0.3 is 5.32 Å². The molecule has 116 valence electrons. The fourth-order valence-corrected chi connectivity index (χ4v) is 2.49. The quantitative estimate of drug-likeness (QED) is 0.943. The van der Waals surface area contributed by atoms with Crippen LogP contribution in [0.2, 0.25) is 0 Å². The number of alkyl halides is 3. The molecule has 4 nitrogen and oxygen atoms in total. The van der Waals surface area contributed by atoms with E-state index >= 15 is 0 Å². The Hall–Kier alpha value is -2.31. The average molecular weight is 309 g/mol. The first-order valence-electron chi connectivity index (χ1n) is 6.87. The highest BCUT2D eigenvalue weighted by molar-refractivity contribution is 5.95. The van der Waals surface area contributed by atoms with Gasteiger partial charge in [-0.2, -0.15) is 18.3 Å². The first kappa shape index (κ1) is 14.6. The standard InChI is InChI=1S/C15H14F3N3O/c16-15(17,18)9-21-8-11(7-19-21)20-14(22)13-6-12(13)10-4-2-1-3-5-10/h1-5,7-8,12-13H,6,9H2,(H,20,22)/t12-,13-/m1/s1. The maximum Gasteiger partial charge on any atom is 0.408 e. The SMILES string of the molecule is O=C(Nc1cnn(CC(F)(F)F)c1)[C@@H]1C[C@@H]1c1ccccc1. The Balaban J connectivity index is 1.57. The number of anilines is 1. The van der Waals surface area contributed by atoms with Crippen molar-refractivity contribution in [1.29, 1.82) is 0 Å². The third kappa shape index (κ3) is 3.47. The molecule has 1 amide bonds. The van der Waals surface area contributed by atoms with E-state index in [2.05, 4.69) is 10.4 Å². The predicted molar refractivity (Wildman–Crippen MR) is 74.2 cm³/mol. The van der Waals surface area contributed by atoms with Crippen LogP contribution in [0, 0.1) is 5.92 Å². The van der Waals surface area contributed by atoms with Gasteiger partial charge in [0.05, 0.1) is 11.9 Å². The number of nitrogens with zero attached hydrogens (tertiary/aromatic N) is 2. The number of aromatic nitrogens is 2. The zero-order valence-electron chi connectivity index (χ0n) is 11.5. The highest BCUT2D eigenvalue weighted by atomic mass is 19.4. The number of halogens is 3. The Labute approximate surface area is 124 Å². The molecule has 1 aliphatic carbocycles. The van der Waals surface area contributed by atoms with Crippen LogP contribution >= 0.6 is 0 Å². The predicted octanol–water partition coefficient (Wildman–Crippen LogP) is 3.19. The van der Waals surface area contributed by atoms with E-state index in [1.807, 2.05) is 30.3 Å². The van der Waals surface area contributed by atoms with Gasteiger partial charge in [-0.05, 0) is 17.9 Å². The third-order valence-corrected chi connectivity index (χ3v) is 3.60. The molecule has 1 fully saturated rings. The van der Waals surface area contributed by atoms with E-state index in [1.165, 1.54) is 12.4 Å². The van der Waals surface area contributed by atoms with Gasteiger partial charge in [-0.1, -0.05) is 30.3 Å². The van der Waals surface area contributed by atoms with Crippen molar-refractivity contribution < 1.29 is 18.0 Å². The minimum absolute atomic E-state index is 0.131. The first-order valence-corrected chi connectivity index (χ1v) is 6.87. The molecule has 1 aromatic carbocycles. The number of carbonyl (C=O) groups excluding carboxylic acids is 1.